The molecule has 0 aliphatic rings. The number of aliphatic carboxylic acids is 1. The van der Waals surface area contributed by atoms with Gasteiger partial charge in [-0.15, -0.1) is 0 Å². The topological polar surface area (TPSA) is 49.3 Å². The maximum atomic E-state index is 10.6. The lowest BCUT2D eigenvalue weighted by Gasteiger charge is -2.24. The van der Waals surface area contributed by atoms with E-state index in [0.29, 0.717) is 5.92 Å². The monoisotopic (exact) mass is 257 g/mol. The first-order valence-corrected chi connectivity index (χ1v) is 7.15. The molecular formula is C15H31NO2. The first-order valence-electron chi connectivity index (χ1n) is 7.15. The molecule has 0 bridgehead atoms. The van der Waals surface area contributed by atoms with Crippen molar-refractivity contribution in [3.63, 3.8) is 0 Å². The molecule has 0 saturated carbocycles. The summed E-state index contributed by atoms with van der Waals surface area (Å²) in [6.45, 7) is 13.1. The van der Waals surface area contributed by atoms with Crippen LogP contribution in [0.3, 0.4) is 0 Å². The van der Waals surface area contributed by atoms with Crippen molar-refractivity contribution in [1.29, 1.82) is 0 Å². The van der Waals surface area contributed by atoms with Gasteiger partial charge in [-0.3, -0.25) is 4.79 Å². The van der Waals surface area contributed by atoms with E-state index >= 15 is 0 Å². The smallest absolute Gasteiger partial charge is 0.303 e. The molecule has 0 rings (SSSR count). The first kappa shape index (κ1) is 17.4. The van der Waals surface area contributed by atoms with Gasteiger partial charge in [-0.05, 0) is 49.6 Å². The van der Waals surface area contributed by atoms with E-state index in [1.807, 2.05) is 0 Å². The average molecular weight is 257 g/mol. The summed E-state index contributed by atoms with van der Waals surface area (Å²) < 4.78 is 0. The Hall–Kier alpha value is -0.570. The van der Waals surface area contributed by atoms with E-state index in [0.717, 1.165) is 31.8 Å². The SMILES string of the molecule is CC(C)CC(C)CNCCC(C)(C)CCC(=O)O. The number of hydrogen-bond donors (Lipinski definition) is 2. The Balaban J connectivity index is 3.66. The number of carboxylic acid groups (broad SMARTS) is 1. The minimum atomic E-state index is -0.693. The van der Waals surface area contributed by atoms with Crippen LogP contribution in [0.1, 0.15) is 60.3 Å². The highest BCUT2D eigenvalue weighted by Gasteiger charge is 2.18. The fourth-order valence-corrected chi connectivity index (χ4v) is 2.23. The number of nitrogens with one attached hydrogen (secondary N) is 1. The Morgan fingerprint density at radius 1 is 1.22 bits per heavy atom. The molecule has 0 aromatic heterocycles. The summed E-state index contributed by atoms with van der Waals surface area (Å²) in [6.07, 6.45) is 3.33. The summed E-state index contributed by atoms with van der Waals surface area (Å²) in [6, 6.07) is 0. The molecule has 0 aromatic carbocycles. The lowest BCUT2D eigenvalue weighted by atomic mass is 9.84. The van der Waals surface area contributed by atoms with Gasteiger partial charge in [0.2, 0.25) is 0 Å². The van der Waals surface area contributed by atoms with Crippen molar-refractivity contribution in [1.82, 2.24) is 5.32 Å². The van der Waals surface area contributed by atoms with Gasteiger partial charge in [0.1, 0.15) is 0 Å². The van der Waals surface area contributed by atoms with Crippen molar-refractivity contribution >= 4 is 5.97 Å². The Labute approximate surface area is 112 Å². The standard InChI is InChI=1S/C15H31NO2/c1-12(2)10-13(3)11-16-9-8-15(4,5)7-6-14(17)18/h12-13,16H,6-11H2,1-5H3,(H,17,18). The van der Waals surface area contributed by atoms with E-state index in [1.165, 1.54) is 6.42 Å². The van der Waals surface area contributed by atoms with Gasteiger partial charge in [-0.25, -0.2) is 0 Å². The predicted octanol–water partition coefficient (Wildman–Crippen LogP) is 3.54. The average Bonchev–Trinajstić information content (AvgIpc) is 2.21. The van der Waals surface area contributed by atoms with Crippen LogP contribution in [0.5, 0.6) is 0 Å². The third-order valence-corrected chi connectivity index (χ3v) is 3.36. The molecular weight excluding hydrogens is 226 g/mol. The largest absolute Gasteiger partial charge is 0.481 e. The molecule has 0 saturated heterocycles. The molecule has 18 heavy (non-hydrogen) atoms. The van der Waals surface area contributed by atoms with E-state index in [-0.39, 0.29) is 11.8 Å². The van der Waals surface area contributed by atoms with E-state index in [1.54, 1.807) is 0 Å². The summed E-state index contributed by atoms with van der Waals surface area (Å²) in [5, 5.41) is 12.2. The van der Waals surface area contributed by atoms with Crippen LogP contribution < -0.4 is 5.32 Å². The zero-order valence-electron chi connectivity index (χ0n) is 12.8. The van der Waals surface area contributed by atoms with Gasteiger partial charge < -0.3 is 10.4 Å². The highest BCUT2D eigenvalue weighted by molar-refractivity contribution is 5.66. The Morgan fingerprint density at radius 2 is 1.83 bits per heavy atom. The fourth-order valence-electron chi connectivity index (χ4n) is 2.23. The minimum Gasteiger partial charge on any atom is -0.481 e. The maximum absolute atomic E-state index is 10.6. The van der Waals surface area contributed by atoms with E-state index in [2.05, 4.69) is 39.9 Å². The predicted molar refractivity (Wildman–Crippen MR) is 76.8 cm³/mol. The minimum absolute atomic E-state index is 0.118. The molecule has 0 spiro atoms. The zero-order chi connectivity index (χ0) is 14.2. The zero-order valence-corrected chi connectivity index (χ0v) is 12.8. The van der Waals surface area contributed by atoms with Crippen LogP contribution in [0.2, 0.25) is 0 Å². The third kappa shape index (κ3) is 10.6. The lowest BCUT2D eigenvalue weighted by molar-refractivity contribution is -0.137. The van der Waals surface area contributed by atoms with Crippen LogP contribution in [0.15, 0.2) is 0 Å². The number of carbonyl (C=O) groups is 1. The molecule has 1 unspecified atom stereocenters. The van der Waals surface area contributed by atoms with Crippen LogP contribution >= 0.6 is 0 Å². The van der Waals surface area contributed by atoms with Crippen molar-refractivity contribution in [2.75, 3.05) is 13.1 Å². The normalized spacial score (nSPS) is 13.9. The summed E-state index contributed by atoms with van der Waals surface area (Å²) in [5.74, 6) is 0.780. The Bertz CT molecular complexity index is 237. The molecule has 1 atom stereocenters. The third-order valence-electron chi connectivity index (χ3n) is 3.36. The number of carboxylic acids is 1. The molecule has 0 aliphatic heterocycles. The van der Waals surface area contributed by atoms with Gasteiger partial charge in [0.25, 0.3) is 0 Å². The van der Waals surface area contributed by atoms with Gasteiger partial charge in [0, 0.05) is 6.42 Å². The van der Waals surface area contributed by atoms with Gasteiger partial charge in [0.05, 0.1) is 0 Å². The molecule has 108 valence electrons. The highest BCUT2D eigenvalue weighted by Crippen LogP contribution is 2.26. The van der Waals surface area contributed by atoms with Crippen LogP contribution in [-0.2, 0) is 4.79 Å². The number of rotatable bonds is 10. The molecule has 3 heteroatoms. The van der Waals surface area contributed by atoms with Crippen LogP contribution in [0.4, 0.5) is 0 Å². The van der Waals surface area contributed by atoms with Crippen molar-refractivity contribution < 1.29 is 9.90 Å². The molecule has 3 nitrogen and oxygen atoms in total. The second kappa shape index (κ2) is 8.52. The summed E-state index contributed by atoms with van der Waals surface area (Å²) >= 11 is 0. The van der Waals surface area contributed by atoms with Crippen LogP contribution in [0, 0.1) is 17.3 Å². The lowest BCUT2D eigenvalue weighted by Crippen LogP contribution is -2.27. The molecule has 0 aliphatic carbocycles. The summed E-state index contributed by atoms with van der Waals surface area (Å²) in [4.78, 5) is 10.6. The second-order valence-corrected chi connectivity index (χ2v) is 6.75. The molecule has 0 fully saturated rings. The molecule has 0 heterocycles. The van der Waals surface area contributed by atoms with Crippen molar-refractivity contribution in [2.24, 2.45) is 17.3 Å². The van der Waals surface area contributed by atoms with Crippen molar-refractivity contribution in [2.45, 2.75) is 60.3 Å². The second-order valence-electron chi connectivity index (χ2n) is 6.75. The maximum Gasteiger partial charge on any atom is 0.303 e. The van der Waals surface area contributed by atoms with E-state index in [4.69, 9.17) is 5.11 Å². The van der Waals surface area contributed by atoms with E-state index < -0.39 is 5.97 Å². The van der Waals surface area contributed by atoms with Gasteiger partial charge in [-0.2, -0.15) is 0 Å². The first-order chi connectivity index (χ1) is 8.23. The van der Waals surface area contributed by atoms with E-state index in [9.17, 15) is 4.79 Å². The van der Waals surface area contributed by atoms with Gasteiger partial charge >= 0.3 is 5.97 Å². The summed E-state index contributed by atoms with van der Waals surface area (Å²) in [7, 11) is 0. The van der Waals surface area contributed by atoms with Gasteiger partial charge in [0.15, 0.2) is 0 Å². The number of hydrogen-bond acceptors (Lipinski definition) is 2. The van der Waals surface area contributed by atoms with Gasteiger partial charge in [-0.1, -0.05) is 34.6 Å². The van der Waals surface area contributed by atoms with Crippen LogP contribution in [0.25, 0.3) is 0 Å². The molecule has 0 radical (unpaired) electrons. The molecule has 2 N–H and O–H groups in total. The van der Waals surface area contributed by atoms with Crippen molar-refractivity contribution in [3.05, 3.63) is 0 Å². The van der Waals surface area contributed by atoms with Crippen molar-refractivity contribution in [3.8, 4) is 0 Å². The van der Waals surface area contributed by atoms with Crippen LogP contribution in [-0.4, -0.2) is 24.2 Å². The molecule has 0 aromatic rings. The Kier molecular flexibility index (Phi) is 8.25. The highest BCUT2D eigenvalue weighted by atomic mass is 16.4. The Morgan fingerprint density at radius 3 is 2.33 bits per heavy atom. The summed E-state index contributed by atoms with van der Waals surface area (Å²) in [5.41, 5.74) is 0.118. The quantitative estimate of drug-likeness (QED) is 0.589. The fraction of sp³-hybridized carbons (Fsp3) is 0.933. The molecule has 0 amide bonds.